The Morgan fingerprint density at radius 1 is 0.593 bits per heavy atom. The van der Waals surface area contributed by atoms with Crippen molar-refractivity contribution in [1.29, 1.82) is 0 Å². The molecule has 0 aliphatic heterocycles. The number of aliphatic hydroxyl groups is 1. The van der Waals surface area contributed by atoms with Crippen molar-refractivity contribution < 1.29 is 14.6 Å². The van der Waals surface area contributed by atoms with E-state index in [9.17, 15) is 0 Å². The van der Waals surface area contributed by atoms with E-state index in [0.29, 0.717) is 13.4 Å². The first-order chi connectivity index (χ1) is 12.8. The molecule has 0 bridgehead atoms. The molecule has 0 fully saturated rings. The molecule has 3 unspecified atom stereocenters. The first-order valence-electron chi connectivity index (χ1n) is 11.6. The Labute approximate surface area is 170 Å². The number of rotatable bonds is 19. The summed E-state index contributed by atoms with van der Waals surface area (Å²) in [7, 11) is 0. The maximum absolute atomic E-state index is 9.09. The summed E-state index contributed by atoms with van der Waals surface area (Å²) in [6, 6.07) is 0. The molecule has 0 heterocycles. The van der Waals surface area contributed by atoms with E-state index in [2.05, 4.69) is 34.6 Å². The van der Waals surface area contributed by atoms with Crippen LogP contribution in [0.4, 0.5) is 0 Å². The average Bonchev–Trinajstić information content (AvgIpc) is 2.57. The highest BCUT2D eigenvalue weighted by molar-refractivity contribution is 4.61. The number of hydrogen-bond acceptors (Lipinski definition) is 3. The summed E-state index contributed by atoms with van der Waals surface area (Å²) in [5.41, 5.74) is 0. The predicted octanol–water partition coefficient (Wildman–Crippen LogP) is 6.82. The van der Waals surface area contributed by atoms with Gasteiger partial charge in [-0.3, -0.25) is 0 Å². The van der Waals surface area contributed by atoms with Crippen molar-refractivity contribution in [2.45, 2.75) is 112 Å². The summed E-state index contributed by atoms with van der Waals surface area (Å²) in [5, 5.41) is 9.09. The molecule has 3 heteroatoms. The summed E-state index contributed by atoms with van der Waals surface area (Å²) < 4.78 is 10.7. The zero-order valence-electron chi connectivity index (χ0n) is 19.3. The Morgan fingerprint density at radius 2 is 1.04 bits per heavy atom. The van der Waals surface area contributed by atoms with E-state index < -0.39 is 6.10 Å². The highest BCUT2D eigenvalue weighted by Gasteiger charge is 2.08. The zero-order chi connectivity index (χ0) is 20.5. The second-order valence-electron chi connectivity index (χ2n) is 9.54. The van der Waals surface area contributed by atoms with Gasteiger partial charge in [0.15, 0.2) is 0 Å². The van der Waals surface area contributed by atoms with E-state index in [1.54, 1.807) is 6.92 Å². The molecular formula is C24H50O3. The van der Waals surface area contributed by atoms with Crippen LogP contribution in [0.2, 0.25) is 0 Å². The second kappa shape index (κ2) is 17.9. The third-order valence-electron chi connectivity index (χ3n) is 5.55. The van der Waals surface area contributed by atoms with Gasteiger partial charge in [0.1, 0.15) is 6.79 Å². The van der Waals surface area contributed by atoms with Crippen LogP contribution >= 0.6 is 0 Å². The van der Waals surface area contributed by atoms with Gasteiger partial charge in [0, 0.05) is 6.61 Å². The van der Waals surface area contributed by atoms with Crippen LogP contribution in [0, 0.1) is 23.7 Å². The van der Waals surface area contributed by atoms with Crippen molar-refractivity contribution in [3.05, 3.63) is 0 Å². The molecule has 1 N–H and O–H groups in total. The molecule has 0 rings (SSSR count). The molecule has 27 heavy (non-hydrogen) atoms. The standard InChI is InChI=1S/C24H50O3/c1-20(2)10-7-11-21(3)12-8-13-22(4)14-9-15-23(5)16-17-26-19-27-18-24(6)25/h20-25H,7-19H2,1-6H3/t21?,22?,23?,24-/m0/s1. The van der Waals surface area contributed by atoms with Gasteiger partial charge in [-0.1, -0.05) is 92.4 Å². The maximum Gasteiger partial charge on any atom is 0.146 e. The van der Waals surface area contributed by atoms with Crippen LogP contribution in [0.1, 0.15) is 106 Å². The summed E-state index contributed by atoms with van der Waals surface area (Å²) >= 11 is 0. The van der Waals surface area contributed by atoms with Crippen LogP contribution in [0.5, 0.6) is 0 Å². The van der Waals surface area contributed by atoms with E-state index >= 15 is 0 Å². The molecular weight excluding hydrogens is 336 g/mol. The Morgan fingerprint density at radius 3 is 1.48 bits per heavy atom. The highest BCUT2D eigenvalue weighted by Crippen LogP contribution is 2.22. The van der Waals surface area contributed by atoms with Gasteiger partial charge >= 0.3 is 0 Å². The molecule has 0 aliphatic rings. The quantitative estimate of drug-likeness (QED) is 0.195. The first kappa shape index (κ1) is 26.9. The van der Waals surface area contributed by atoms with E-state index in [1.807, 2.05) is 0 Å². The lowest BCUT2D eigenvalue weighted by Crippen LogP contribution is -2.13. The van der Waals surface area contributed by atoms with Crippen LogP contribution in [-0.4, -0.2) is 31.2 Å². The minimum Gasteiger partial charge on any atom is -0.391 e. The van der Waals surface area contributed by atoms with Crippen molar-refractivity contribution in [3.8, 4) is 0 Å². The van der Waals surface area contributed by atoms with Crippen LogP contribution in [0.25, 0.3) is 0 Å². The number of hydrogen-bond donors (Lipinski definition) is 1. The minimum absolute atomic E-state index is 0.296. The molecule has 0 saturated heterocycles. The fourth-order valence-corrected chi connectivity index (χ4v) is 3.56. The predicted molar refractivity (Wildman–Crippen MR) is 117 cm³/mol. The van der Waals surface area contributed by atoms with Gasteiger partial charge in [0.2, 0.25) is 0 Å². The Kier molecular flexibility index (Phi) is 17.9. The monoisotopic (exact) mass is 386 g/mol. The largest absolute Gasteiger partial charge is 0.391 e. The van der Waals surface area contributed by atoms with Gasteiger partial charge < -0.3 is 14.6 Å². The van der Waals surface area contributed by atoms with E-state index in [1.165, 1.54) is 57.8 Å². The molecule has 0 aromatic carbocycles. The van der Waals surface area contributed by atoms with Crippen LogP contribution in [0.3, 0.4) is 0 Å². The van der Waals surface area contributed by atoms with Gasteiger partial charge in [0.25, 0.3) is 0 Å². The van der Waals surface area contributed by atoms with Crippen molar-refractivity contribution in [3.63, 3.8) is 0 Å². The van der Waals surface area contributed by atoms with Gasteiger partial charge in [-0.15, -0.1) is 0 Å². The molecule has 0 spiro atoms. The topological polar surface area (TPSA) is 38.7 Å². The molecule has 0 amide bonds. The Bertz CT molecular complexity index is 304. The number of aliphatic hydroxyl groups excluding tert-OH is 1. The minimum atomic E-state index is -0.414. The van der Waals surface area contributed by atoms with Crippen molar-refractivity contribution >= 4 is 0 Å². The lowest BCUT2D eigenvalue weighted by atomic mass is 9.91. The second-order valence-corrected chi connectivity index (χ2v) is 9.54. The zero-order valence-corrected chi connectivity index (χ0v) is 19.3. The molecule has 4 atom stereocenters. The summed E-state index contributed by atoms with van der Waals surface area (Å²) in [5.74, 6) is 3.34. The third kappa shape index (κ3) is 20.4. The third-order valence-corrected chi connectivity index (χ3v) is 5.55. The fraction of sp³-hybridized carbons (Fsp3) is 1.00. The van der Waals surface area contributed by atoms with Gasteiger partial charge in [-0.25, -0.2) is 0 Å². The molecule has 3 nitrogen and oxygen atoms in total. The lowest BCUT2D eigenvalue weighted by Gasteiger charge is -2.16. The van der Waals surface area contributed by atoms with Gasteiger partial charge in [-0.05, 0) is 37.0 Å². The lowest BCUT2D eigenvalue weighted by molar-refractivity contribution is -0.0780. The Hall–Kier alpha value is -0.120. The average molecular weight is 387 g/mol. The summed E-state index contributed by atoms with van der Waals surface area (Å²) in [4.78, 5) is 0. The smallest absolute Gasteiger partial charge is 0.146 e. The number of ether oxygens (including phenoxy) is 2. The molecule has 0 aromatic heterocycles. The Balaban J connectivity index is 3.47. The summed E-state index contributed by atoms with van der Waals surface area (Å²) in [6.07, 6.45) is 13.1. The van der Waals surface area contributed by atoms with Crippen molar-refractivity contribution in [2.24, 2.45) is 23.7 Å². The van der Waals surface area contributed by atoms with Gasteiger partial charge in [0.05, 0.1) is 12.7 Å². The maximum atomic E-state index is 9.09. The normalized spacial score (nSPS) is 16.4. The fourth-order valence-electron chi connectivity index (χ4n) is 3.56. The van der Waals surface area contributed by atoms with Crippen molar-refractivity contribution in [1.82, 2.24) is 0 Å². The molecule has 0 radical (unpaired) electrons. The van der Waals surface area contributed by atoms with Crippen LogP contribution < -0.4 is 0 Å². The van der Waals surface area contributed by atoms with E-state index in [4.69, 9.17) is 14.6 Å². The van der Waals surface area contributed by atoms with Crippen molar-refractivity contribution in [2.75, 3.05) is 20.0 Å². The van der Waals surface area contributed by atoms with E-state index in [0.717, 1.165) is 36.7 Å². The van der Waals surface area contributed by atoms with E-state index in [-0.39, 0.29) is 0 Å². The van der Waals surface area contributed by atoms with Crippen LogP contribution in [-0.2, 0) is 9.47 Å². The molecule has 0 aliphatic carbocycles. The SMILES string of the molecule is CC(C)CCCC(C)CCCC(C)CCCC(C)CCOCOC[C@H](C)O. The molecule has 0 aromatic rings. The molecule has 164 valence electrons. The molecule has 0 saturated carbocycles. The highest BCUT2D eigenvalue weighted by atomic mass is 16.7. The summed E-state index contributed by atoms with van der Waals surface area (Å²) in [6.45, 7) is 15.0. The first-order valence-corrected chi connectivity index (χ1v) is 11.6. The van der Waals surface area contributed by atoms with Crippen LogP contribution in [0.15, 0.2) is 0 Å². The van der Waals surface area contributed by atoms with Gasteiger partial charge in [-0.2, -0.15) is 0 Å².